The first-order valence-corrected chi connectivity index (χ1v) is 7.87. The maximum Gasteiger partial charge on any atom is 0.367 e. The standard InChI is InChI=1S/C18H14BrNO3/c1-12-16(18(21)23-20-12)10-14-4-2-3-5-17(14)22-11-13-6-8-15(19)9-7-13/h2-10H,11H2,1H3/b16-10+. The SMILES string of the molecule is CC1=NOC(=O)/C1=C/c1ccccc1OCc1ccc(Br)cc1. The van der Waals surface area contributed by atoms with Crippen LogP contribution < -0.4 is 4.74 Å². The van der Waals surface area contributed by atoms with E-state index < -0.39 is 5.97 Å². The summed E-state index contributed by atoms with van der Waals surface area (Å²) in [6.07, 6.45) is 1.74. The highest BCUT2D eigenvalue weighted by Gasteiger charge is 2.22. The molecule has 0 spiro atoms. The van der Waals surface area contributed by atoms with E-state index in [0.29, 0.717) is 23.6 Å². The highest BCUT2D eigenvalue weighted by Crippen LogP contribution is 2.24. The predicted octanol–water partition coefficient (Wildman–Crippen LogP) is 4.34. The molecule has 23 heavy (non-hydrogen) atoms. The normalized spacial score (nSPS) is 15.5. The molecule has 2 aromatic carbocycles. The smallest absolute Gasteiger partial charge is 0.367 e. The Bertz CT molecular complexity index is 794. The van der Waals surface area contributed by atoms with Gasteiger partial charge in [0.25, 0.3) is 0 Å². The van der Waals surface area contributed by atoms with Crippen molar-refractivity contribution in [3.63, 3.8) is 0 Å². The number of carbonyl (C=O) groups excluding carboxylic acids is 1. The molecule has 0 aliphatic carbocycles. The molecule has 0 aromatic heterocycles. The van der Waals surface area contributed by atoms with E-state index in [2.05, 4.69) is 25.9 Å². The Labute approximate surface area is 142 Å². The van der Waals surface area contributed by atoms with Gasteiger partial charge in [0.1, 0.15) is 12.4 Å². The third-order valence-corrected chi connectivity index (χ3v) is 3.93. The molecule has 4 nitrogen and oxygen atoms in total. The van der Waals surface area contributed by atoms with Gasteiger partial charge in [0.05, 0.1) is 11.3 Å². The molecule has 0 radical (unpaired) electrons. The molecule has 0 saturated carbocycles. The summed E-state index contributed by atoms with van der Waals surface area (Å²) in [7, 11) is 0. The van der Waals surface area contributed by atoms with Crippen LogP contribution in [0.15, 0.2) is 63.7 Å². The van der Waals surface area contributed by atoms with Gasteiger partial charge in [0, 0.05) is 10.0 Å². The van der Waals surface area contributed by atoms with Crippen LogP contribution in [-0.4, -0.2) is 11.7 Å². The molecule has 0 bridgehead atoms. The number of ether oxygens (including phenoxy) is 1. The molecule has 116 valence electrons. The summed E-state index contributed by atoms with van der Waals surface area (Å²) in [6.45, 7) is 2.19. The van der Waals surface area contributed by atoms with Gasteiger partial charge >= 0.3 is 5.97 Å². The van der Waals surface area contributed by atoms with Gasteiger partial charge in [-0.15, -0.1) is 0 Å². The third-order valence-electron chi connectivity index (χ3n) is 3.40. The highest BCUT2D eigenvalue weighted by molar-refractivity contribution is 9.10. The van der Waals surface area contributed by atoms with Gasteiger partial charge in [-0.1, -0.05) is 51.4 Å². The lowest BCUT2D eigenvalue weighted by Gasteiger charge is -2.09. The number of hydrogen-bond donors (Lipinski definition) is 0. The summed E-state index contributed by atoms with van der Waals surface area (Å²) in [6, 6.07) is 15.5. The number of hydrogen-bond acceptors (Lipinski definition) is 4. The lowest BCUT2D eigenvalue weighted by atomic mass is 10.1. The topological polar surface area (TPSA) is 47.9 Å². The van der Waals surface area contributed by atoms with Gasteiger partial charge < -0.3 is 9.57 Å². The average molecular weight is 372 g/mol. The van der Waals surface area contributed by atoms with Crippen molar-refractivity contribution in [1.82, 2.24) is 0 Å². The van der Waals surface area contributed by atoms with Gasteiger partial charge in [0.15, 0.2) is 0 Å². The summed E-state index contributed by atoms with van der Waals surface area (Å²) in [5.41, 5.74) is 2.89. The molecule has 0 amide bonds. The van der Waals surface area contributed by atoms with E-state index in [1.807, 2.05) is 48.5 Å². The number of benzene rings is 2. The van der Waals surface area contributed by atoms with Crippen LogP contribution in [0.1, 0.15) is 18.1 Å². The van der Waals surface area contributed by atoms with Gasteiger partial charge in [-0.3, -0.25) is 0 Å². The van der Waals surface area contributed by atoms with Crippen molar-refractivity contribution in [1.29, 1.82) is 0 Å². The van der Waals surface area contributed by atoms with Crippen molar-refractivity contribution in [3.05, 3.63) is 69.7 Å². The summed E-state index contributed by atoms with van der Waals surface area (Å²) < 4.78 is 6.92. The minimum atomic E-state index is -0.440. The summed E-state index contributed by atoms with van der Waals surface area (Å²) in [5, 5.41) is 3.68. The van der Waals surface area contributed by atoms with E-state index in [1.165, 1.54) is 0 Å². The first-order valence-electron chi connectivity index (χ1n) is 7.08. The van der Waals surface area contributed by atoms with Crippen LogP contribution in [0.4, 0.5) is 0 Å². The quantitative estimate of drug-likeness (QED) is 0.593. The van der Waals surface area contributed by atoms with E-state index in [0.717, 1.165) is 15.6 Å². The predicted molar refractivity (Wildman–Crippen MR) is 92.1 cm³/mol. The van der Waals surface area contributed by atoms with Crippen molar-refractivity contribution in [2.45, 2.75) is 13.5 Å². The number of halogens is 1. The summed E-state index contributed by atoms with van der Waals surface area (Å²) >= 11 is 3.41. The molecule has 0 unspecified atom stereocenters. The fraction of sp³-hybridized carbons (Fsp3) is 0.111. The zero-order valence-corrected chi connectivity index (χ0v) is 14.0. The maximum atomic E-state index is 11.7. The Morgan fingerprint density at radius 1 is 1.17 bits per heavy atom. The molecule has 2 aromatic rings. The number of oxime groups is 1. The van der Waals surface area contributed by atoms with Crippen molar-refractivity contribution < 1.29 is 14.4 Å². The summed E-state index contributed by atoms with van der Waals surface area (Å²) in [5.74, 6) is 0.264. The van der Waals surface area contributed by atoms with Gasteiger partial charge in [-0.2, -0.15) is 0 Å². The average Bonchev–Trinajstić information content (AvgIpc) is 2.87. The van der Waals surface area contributed by atoms with Crippen LogP contribution in [0.5, 0.6) is 5.75 Å². The molecule has 1 aliphatic rings. The lowest BCUT2D eigenvalue weighted by molar-refractivity contribution is -0.136. The Morgan fingerprint density at radius 2 is 1.91 bits per heavy atom. The molecule has 1 heterocycles. The number of nitrogens with zero attached hydrogens (tertiary/aromatic N) is 1. The Balaban J connectivity index is 1.81. The van der Waals surface area contributed by atoms with E-state index in [4.69, 9.17) is 4.74 Å². The van der Waals surface area contributed by atoms with E-state index in [1.54, 1.807) is 13.0 Å². The van der Waals surface area contributed by atoms with Crippen LogP contribution in [0, 0.1) is 0 Å². The maximum absolute atomic E-state index is 11.7. The molecule has 1 aliphatic heterocycles. The molecule has 5 heteroatoms. The van der Waals surface area contributed by atoms with Crippen LogP contribution in [0.2, 0.25) is 0 Å². The monoisotopic (exact) mass is 371 g/mol. The van der Waals surface area contributed by atoms with Crippen molar-refractivity contribution in [2.24, 2.45) is 5.16 Å². The first kappa shape index (κ1) is 15.5. The van der Waals surface area contributed by atoms with Crippen molar-refractivity contribution in [3.8, 4) is 5.75 Å². The fourth-order valence-electron chi connectivity index (χ4n) is 2.15. The second-order valence-corrected chi connectivity index (χ2v) is 5.98. The molecular weight excluding hydrogens is 358 g/mol. The zero-order chi connectivity index (χ0) is 16.2. The van der Waals surface area contributed by atoms with E-state index in [9.17, 15) is 4.79 Å². The molecule has 0 atom stereocenters. The second kappa shape index (κ2) is 6.79. The zero-order valence-electron chi connectivity index (χ0n) is 12.5. The largest absolute Gasteiger partial charge is 0.488 e. The number of carbonyl (C=O) groups is 1. The van der Waals surface area contributed by atoms with Gasteiger partial charge in [-0.05, 0) is 36.8 Å². The molecule has 3 rings (SSSR count). The van der Waals surface area contributed by atoms with E-state index in [-0.39, 0.29) is 0 Å². The van der Waals surface area contributed by atoms with Gasteiger partial charge in [0.2, 0.25) is 0 Å². The van der Waals surface area contributed by atoms with Crippen LogP contribution in [0.3, 0.4) is 0 Å². The molecule has 0 fully saturated rings. The van der Waals surface area contributed by atoms with E-state index >= 15 is 0 Å². The highest BCUT2D eigenvalue weighted by atomic mass is 79.9. The fourth-order valence-corrected chi connectivity index (χ4v) is 2.41. The minimum Gasteiger partial charge on any atom is -0.488 e. The third kappa shape index (κ3) is 3.68. The minimum absolute atomic E-state index is 0.440. The van der Waals surface area contributed by atoms with Crippen LogP contribution in [-0.2, 0) is 16.2 Å². The van der Waals surface area contributed by atoms with Crippen LogP contribution >= 0.6 is 15.9 Å². The van der Waals surface area contributed by atoms with Crippen molar-refractivity contribution >= 4 is 33.7 Å². The summed E-state index contributed by atoms with van der Waals surface area (Å²) in [4.78, 5) is 16.3. The Kier molecular flexibility index (Phi) is 4.57. The second-order valence-electron chi connectivity index (χ2n) is 5.07. The molecule has 0 N–H and O–H groups in total. The van der Waals surface area contributed by atoms with Crippen molar-refractivity contribution in [2.75, 3.05) is 0 Å². The first-order chi connectivity index (χ1) is 11.1. The number of para-hydroxylation sites is 1. The Morgan fingerprint density at radius 3 is 2.61 bits per heavy atom. The lowest BCUT2D eigenvalue weighted by Crippen LogP contribution is -2.02. The van der Waals surface area contributed by atoms with Crippen LogP contribution in [0.25, 0.3) is 6.08 Å². The van der Waals surface area contributed by atoms with Gasteiger partial charge in [-0.25, -0.2) is 4.79 Å². The number of rotatable bonds is 4. The molecule has 0 saturated heterocycles. The Hall–Kier alpha value is -2.40. The molecular formula is C18H14BrNO3.